The van der Waals surface area contributed by atoms with Crippen molar-refractivity contribution in [2.24, 2.45) is 5.34 Å². The lowest BCUT2D eigenvalue weighted by atomic mass is 10.0. The van der Waals surface area contributed by atoms with Gasteiger partial charge in [-0.2, -0.15) is 0 Å². The maximum Gasteiger partial charge on any atom is 0.152 e. The Kier molecular flexibility index (Phi) is 10.2. The van der Waals surface area contributed by atoms with Gasteiger partial charge < -0.3 is 35.5 Å². The smallest absolute Gasteiger partial charge is 0.152 e. The Morgan fingerprint density at radius 2 is 1.53 bits per heavy atom. The lowest BCUT2D eigenvalue weighted by Crippen LogP contribution is -2.46. The Balaban J connectivity index is 0. The van der Waals surface area contributed by atoms with Crippen molar-refractivity contribution in [3.05, 3.63) is 4.91 Å². The predicted molar refractivity (Wildman–Crippen MR) is 44.8 cm³/mol. The molecule has 15 heavy (non-hydrogen) atoms. The van der Waals surface area contributed by atoms with Gasteiger partial charge in [0.2, 0.25) is 0 Å². The van der Waals surface area contributed by atoms with Gasteiger partial charge in [-0.25, -0.2) is 0 Å². The minimum Gasteiger partial charge on any atom is -0.394 e. The summed E-state index contributed by atoms with van der Waals surface area (Å²) in [6.45, 7) is -0.760. The third-order valence-electron chi connectivity index (χ3n) is 1.42. The summed E-state index contributed by atoms with van der Waals surface area (Å²) in [6, 6.07) is 0. The van der Waals surface area contributed by atoms with Crippen LogP contribution in [0, 0.1) is 4.91 Å². The first kappa shape index (κ1) is 16.3. The van der Waals surface area contributed by atoms with Crippen LogP contribution in [0.1, 0.15) is 0 Å². The van der Waals surface area contributed by atoms with Crippen molar-refractivity contribution >= 4 is 6.29 Å². The van der Waals surface area contributed by atoms with Crippen molar-refractivity contribution in [1.82, 2.24) is 0 Å². The van der Waals surface area contributed by atoms with Gasteiger partial charge in [0, 0.05) is 0 Å². The van der Waals surface area contributed by atoms with E-state index in [0.29, 0.717) is 0 Å². The number of hydrogen-bond acceptors (Lipinski definition) is 8. The highest BCUT2D eigenvalue weighted by molar-refractivity contribution is 5.56. The van der Waals surface area contributed by atoms with E-state index in [1.54, 1.807) is 0 Å². The zero-order chi connectivity index (χ0) is 12.4. The molecule has 90 valence electrons. The van der Waals surface area contributed by atoms with E-state index in [9.17, 15) is 4.79 Å². The molecule has 0 fully saturated rings. The Labute approximate surface area is 84.1 Å². The van der Waals surface area contributed by atoms with Gasteiger partial charge in [0.05, 0.1) is 6.61 Å². The Morgan fingerprint density at radius 3 is 1.80 bits per heavy atom. The topological polar surface area (TPSA) is 168 Å². The molecule has 0 aromatic rings. The highest BCUT2D eigenvalue weighted by Gasteiger charge is 2.29. The molecule has 0 aliphatic carbocycles. The van der Waals surface area contributed by atoms with Crippen LogP contribution < -0.4 is 0 Å². The molecule has 0 aliphatic heterocycles. The van der Waals surface area contributed by atoms with Gasteiger partial charge in [0.25, 0.3) is 0 Å². The molecule has 9 heteroatoms. The van der Waals surface area contributed by atoms with Crippen molar-refractivity contribution < 1.29 is 35.5 Å². The van der Waals surface area contributed by atoms with E-state index < -0.39 is 31.0 Å². The molecule has 4 atom stereocenters. The van der Waals surface area contributed by atoms with Gasteiger partial charge in [-0.15, -0.1) is 4.91 Å². The van der Waals surface area contributed by atoms with Crippen molar-refractivity contribution in [3.63, 3.8) is 0 Å². The molecule has 4 unspecified atom stereocenters. The molecular weight excluding hydrogens is 214 g/mol. The van der Waals surface area contributed by atoms with Crippen LogP contribution in [0.15, 0.2) is 5.34 Å². The SMILES string of the molecule is O=CC(O)C(O)C(O)C(O)CO.O=NO. The van der Waals surface area contributed by atoms with Crippen LogP contribution in [-0.2, 0) is 4.79 Å². The summed E-state index contributed by atoms with van der Waals surface area (Å²) in [5.41, 5.74) is 0. The van der Waals surface area contributed by atoms with E-state index >= 15 is 0 Å². The Morgan fingerprint density at radius 1 is 1.13 bits per heavy atom. The Bertz CT molecular complexity index is 177. The highest BCUT2D eigenvalue weighted by Crippen LogP contribution is 2.02. The normalized spacial score (nSPS) is 17.7. The summed E-state index contributed by atoms with van der Waals surface area (Å²) in [4.78, 5) is 18.0. The summed E-state index contributed by atoms with van der Waals surface area (Å²) in [6.07, 6.45) is -6.84. The number of carbonyl (C=O) groups is 1. The molecule has 0 heterocycles. The zero-order valence-corrected chi connectivity index (χ0v) is 7.54. The predicted octanol–water partition coefficient (Wildman–Crippen LogP) is -3.24. The monoisotopic (exact) mass is 227 g/mol. The largest absolute Gasteiger partial charge is 0.394 e. The molecule has 0 bridgehead atoms. The lowest BCUT2D eigenvalue weighted by molar-refractivity contribution is -0.136. The van der Waals surface area contributed by atoms with Gasteiger partial charge in [0.1, 0.15) is 24.4 Å². The quantitative estimate of drug-likeness (QED) is 0.162. The summed E-state index contributed by atoms with van der Waals surface area (Å²) in [7, 11) is 0. The summed E-state index contributed by atoms with van der Waals surface area (Å²) >= 11 is 0. The molecule has 0 saturated carbocycles. The number of nitrogens with zero attached hydrogens (tertiary/aromatic N) is 1. The van der Waals surface area contributed by atoms with Crippen LogP contribution in [0.5, 0.6) is 0 Å². The number of rotatable bonds is 5. The zero-order valence-electron chi connectivity index (χ0n) is 7.54. The molecule has 0 spiro atoms. The standard InChI is InChI=1S/C6H12O6.HNO2/c7-1-3(9)5(11)6(12)4(10)2-8;2-1-3/h1,3-6,8-12H,2H2;(H,2,3). The number of aldehydes is 1. The van der Waals surface area contributed by atoms with Crippen LogP contribution in [0.2, 0.25) is 0 Å². The van der Waals surface area contributed by atoms with E-state index in [1.807, 2.05) is 0 Å². The second-order valence-corrected chi connectivity index (χ2v) is 2.44. The molecule has 0 amide bonds. The summed E-state index contributed by atoms with van der Waals surface area (Å²) in [5.74, 6) is 0. The molecular formula is C6H13NO8. The maximum atomic E-state index is 9.90. The number of carbonyl (C=O) groups excluding carboxylic acids is 1. The van der Waals surface area contributed by atoms with Crippen molar-refractivity contribution in [3.8, 4) is 0 Å². The van der Waals surface area contributed by atoms with Crippen LogP contribution in [0.3, 0.4) is 0 Å². The minimum absolute atomic E-state index is 0.0258. The van der Waals surface area contributed by atoms with Gasteiger partial charge in [0.15, 0.2) is 11.6 Å². The molecule has 0 aliphatic rings. The second kappa shape index (κ2) is 9.43. The number of hydrogen-bond donors (Lipinski definition) is 6. The fourth-order valence-corrected chi connectivity index (χ4v) is 0.618. The average molecular weight is 227 g/mol. The first-order valence-corrected chi connectivity index (χ1v) is 3.71. The first-order valence-electron chi connectivity index (χ1n) is 3.71. The van der Waals surface area contributed by atoms with Crippen LogP contribution in [-0.4, -0.2) is 68.0 Å². The van der Waals surface area contributed by atoms with E-state index in [-0.39, 0.29) is 6.29 Å². The summed E-state index contributed by atoms with van der Waals surface area (Å²) in [5, 5.41) is 51.4. The summed E-state index contributed by atoms with van der Waals surface area (Å²) < 4.78 is 0. The Hall–Kier alpha value is -1.13. The molecule has 0 radical (unpaired) electrons. The van der Waals surface area contributed by atoms with Crippen molar-refractivity contribution in [1.29, 1.82) is 0 Å². The minimum atomic E-state index is -1.79. The third kappa shape index (κ3) is 6.88. The third-order valence-corrected chi connectivity index (χ3v) is 1.42. The van der Waals surface area contributed by atoms with E-state index in [4.69, 9.17) is 35.6 Å². The van der Waals surface area contributed by atoms with E-state index in [2.05, 4.69) is 0 Å². The molecule has 0 aromatic heterocycles. The highest BCUT2D eigenvalue weighted by atomic mass is 16.6. The fourth-order valence-electron chi connectivity index (χ4n) is 0.618. The van der Waals surface area contributed by atoms with Crippen LogP contribution in [0.4, 0.5) is 0 Å². The van der Waals surface area contributed by atoms with Crippen molar-refractivity contribution in [2.45, 2.75) is 24.4 Å². The number of aliphatic hydroxyl groups excluding tert-OH is 5. The number of aliphatic hydroxyl groups is 5. The first-order chi connectivity index (χ1) is 6.95. The van der Waals surface area contributed by atoms with Crippen LogP contribution in [0.25, 0.3) is 0 Å². The molecule has 0 aromatic carbocycles. The van der Waals surface area contributed by atoms with Gasteiger partial charge in [-0.3, -0.25) is 0 Å². The van der Waals surface area contributed by atoms with E-state index in [0.717, 1.165) is 0 Å². The fraction of sp³-hybridized carbons (Fsp3) is 0.833. The molecule has 6 N–H and O–H groups in total. The molecule has 0 rings (SSSR count). The second-order valence-electron chi connectivity index (χ2n) is 2.44. The van der Waals surface area contributed by atoms with Gasteiger partial charge in [-0.1, -0.05) is 0 Å². The van der Waals surface area contributed by atoms with Crippen molar-refractivity contribution in [2.75, 3.05) is 6.61 Å². The molecule has 9 nitrogen and oxygen atoms in total. The average Bonchev–Trinajstić information content (AvgIpc) is 2.25. The van der Waals surface area contributed by atoms with E-state index in [1.165, 1.54) is 5.34 Å². The lowest BCUT2D eigenvalue weighted by Gasteiger charge is -2.22. The maximum absolute atomic E-state index is 9.90. The van der Waals surface area contributed by atoms with Gasteiger partial charge >= 0.3 is 0 Å². The molecule has 0 saturated heterocycles. The van der Waals surface area contributed by atoms with Crippen LogP contribution >= 0.6 is 0 Å². The van der Waals surface area contributed by atoms with Gasteiger partial charge in [-0.05, 0) is 0 Å².